The summed E-state index contributed by atoms with van der Waals surface area (Å²) in [5.74, 6) is -0.610. The average molecular weight is 424 g/mol. The molecule has 2 aromatic rings. The number of carbonyl (C=O) groups excluding carboxylic acids is 1. The Labute approximate surface area is 179 Å². The molecule has 0 aliphatic carbocycles. The molecule has 158 valence electrons. The maximum Gasteiger partial charge on any atom is 0.303 e. The molecule has 0 amide bonds. The summed E-state index contributed by atoms with van der Waals surface area (Å²) in [6, 6.07) is 22.8. The first-order valence-corrected chi connectivity index (χ1v) is 12.1. The number of hydrogen-bond acceptors (Lipinski definition) is 5. The topological polar surface area (TPSA) is 68.6 Å². The highest BCUT2D eigenvalue weighted by atomic mass is 28.4. The standard InChI is InChI=1S/C24H29NO4Si/c1-18(26)29-23-19(16-27-22(23)15-25)17-28-30(24(2,3)4,20-11-7-5-8-12-20)21-13-9-6-10-14-21/h5-14,19,22-23H,16-17H2,1-4H3/t19-,22+,23-/m1/s1. The Kier molecular flexibility index (Phi) is 6.76. The Balaban J connectivity index is 2.00. The number of ether oxygens (including phenoxy) is 2. The van der Waals surface area contributed by atoms with E-state index in [0.29, 0.717) is 13.2 Å². The molecule has 0 unspecified atom stereocenters. The molecule has 3 atom stereocenters. The summed E-state index contributed by atoms with van der Waals surface area (Å²) >= 11 is 0. The largest absolute Gasteiger partial charge is 0.458 e. The summed E-state index contributed by atoms with van der Waals surface area (Å²) < 4.78 is 17.9. The van der Waals surface area contributed by atoms with Crippen molar-refractivity contribution in [3.05, 3.63) is 60.7 Å². The first-order chi connectivity index (χ1) is 14.3. The predicted octanol–water partition coefficient (Wildman–Crippen LogP) is 3.03. The molecule has 0 radical (unpaired) electrons. The van der Waals surface area contributed by atoms with Crippen LogP contribution in [0.15, 0.2) is 60.7 Å². The third-order valence-corrected chi connectivity index (χ3v) is 10.6. The molecule has 0 bridgehead atoms. The molecule has 1 saturated heterocycles. The molecule has 6 heteroatoms. The van der Waals surface area contributed by atoms with Gasteiger partial charge >= 0.3 is 5.97 Å². The summed E-state index contributed by atoms with van der Waals surface area (Å²) in [6.07, 6.45) is -1.38. The van der Waals surface area contributed by atoms with Gasteiger partial charge in [-0.15, -0.1) is 0 Å². The lowest BCUT2D eigenvalue weighted by molar-refractivity contribution is -0.149. The molecule has 0 N–H and O–H groups in total. The zero-order valence-electron chi connectivity index (χ0n) is 18.0. The van der Waals surface area contributed by atoms with Gasteiger partial charge in [0.25, 0.3) is 8.32 Å². The van der Waals surface area contributed by atoms with E-state index in [2.05, 4.69) is 51.1 Å². The number of nitriles is 1. The van der Waals surface area contributed by atoms with Gasteiger partial charge in [0.1, 0.15) is 6.10 Å². The maximum atomic E-state index is 11.6. The number of nitrogens with zero attached hydrogens (tertiary/aromatic N) is 1. The van der Waals surface area contributed by atoms with Crippen LogP contribution in [-0.2, 0) is 18.7 Å². The molecule has 2 aromatic carbocycles. The van der Waals surface area contributed by atoms with Crippen LogP contribution >= 0.6 is 0 Å². The SMILES string of the molecule is CC(=O)O[C@@H]1[C@@H](CO[Si](c2ccccc2)(c2ccccc2)C(C)(C)C)CO[C@H]1C#N. The van der Waals surface area contributed by atoms with Gasteiger partial charge in [-0.3, -0.25) is 4.79 Å². The molecule has 0 saturated carbocycles. The van der Waals surface area contributed by atoms with Crippen LogP contribution in [0.2, 0.25) is 5.04 Å². The van der Waals surface area contributed by atoms with Gasteiger partial charge in [-0.25, -0.2) is 0 Å². The minimum Gasteiger partial charge on any atom is -0.458 e. The van der Waals surface area contributed by atoms with Crippen molar-refractivity contribution in [3.63, 3.8) is 0 Å². The molecule has 0 spiro atoms. The van der Waals surface area contributed by atoms with Gasteiger partial charge in [0.2, 0.25) is 0 Å². The molecule has 5 nitrogen and oxygen atoms in total. The van der Waals surface area contributed by atoms with Gasteiger partial charge in [-0.05, 0) is 15.4 Å². The first-order valence-electron chi connectivity index (χ1n) is 10.2. The second-order valence-corrected chi connectivity index (χ2v) is 13.0. The normalized spacial score (nSPS) is 21.8. The summed E-state index contributed by atoms with van der Waals surface area (Å²) in [6.45, 7) is 8.68. The van der Waals surface area contributed by atoms with E-state index in [9.17, 15) is 10.1 Å². The van der Waals surface area contributed by atoms with Gasteiger partial charge in [-0.1, -0.05) is 81.4 Å². The van der Waals surface area contributed by atoms with Crippen molar-refractivity contribution in [2.45, 2.75) is 44.9 Å². The minimum atomic E-state index is -2.70. The van der Waals surface area contributed by atoms with Crippen molar-refractivity contribution >= 4 is 24.7 Å². The van der Waals surface area contributed by atoms with Crippen molar-refractivity contribution in [3.8, 4) is 6.07 Å². The fraction of sp³-hybridized carbons (Fsp3) is 0.417. The van der Waals surface area contributed by atoms with Crippen LogP contribution in [0.1, 0.15) is 27.7 Å². The van der Waals surface area contributed by atoms with E-state index in [4.69, 9.17) is 13.9 Å². The third kappa shape index (κ3) is 4.34. The number of benzene rings is 2. The Morgan fingerprint density at radius 2 is 1.63 bits per heavy atom. The Morgan fingerprint density at radius 3 is 2.07 bits per heavy atom. The van der Waals surface area contributed by atoms with Crippen molar-refractivity contribution in [1.82, 2.24) is 0 Å². The number of hydrogen-bond donors (Lipinski definition) is 0. The van der Waals surface area contributed by atoms with E-state index in [0.717, 1.165) is 0 Å². The monoisotopic (exact) mass is 423 g/mol. The van der Waals surface area contributed by atoms with Crippen LogP contribution in [0, 0.1) is 17.2 Å². The maximum absolute atomic E-state index is 11.6. The van der Waals surface area contributed by atoms with E-state index in [1.54, 1.807) is 0 Å². The van der Waals surface area contributed by atoms with E-state index < -0.39 is 26.5 Å². The quantitative estimate of drug-likeness (QED) is 0.528. The van der Waals surface area contributed by atoms with Gasteiger partial charge < -0.3 is 13.9 Å². The van der Waals surface area contributed by atoms with Gasteiger partial charge in [0, 0.05) is 19.4 Å². The van der Waals surface area contributed by atoms with Crippen molar-refractivity contribution in [2.75, 3.05) is 13.2 Å². The highest BCUT2D eigenvalue weighted by Gasteiger charge is 2.51. The Morgan fingerprint density at radius 1 is 1.10 bits per heavy atom. The zero-order valence-corrected chi connectivity index (χ0v) is 19.0. The number of carbonyl (C=O) groups is 1. The smallest absolute Gasteiger partial charge is 0.303 e. The molecule has 1 aliphatic heterocycles. The molecular formula is C24H29NO4Si. The van der Waals surface area contributed by atoms with Crippen LogP contribution < -0.4 is 10.4 Å². The van der Waals surface area contributed by atoms with Gasteiger partial charge in [0.05, 0.1) is 12.7 Å². The molecule has 0 aromatic heterocycles. The predicted molar refractivity (Wildman–Crippen MR) is 118 cm³/mol. The second kappa shape index (κ2) is 9.13. The lowest BCUT2D eigenvalue weighted by Crippen LogP contribution is -2.67. The Hall–Kier alpha value is -2.46. The fourth-order valence-corrected chi connectivity index (χ4v) is 8.88. The number of esters is 1. The van der Waals surface area contributed by atoms with Crippen molar-refractivity contribution in [1.29, 1.82) is 5.26 Å². The fourth-order valence-electron chi connectivity index (χ4n) is 4.26. The summed E-state index contributed by atoms with van der Waals surface area (Å²) in [5, 5.41) is 11.6. The highest BCUT2D eigenvalue weighted by molar-refractivity contribution is 6.99. The third-order valence-electron chi connectivity index (χ3n) is 5.61. The lowest BCUT2D eigenvalue weighted by Gasteiger charge is -2.43. The first kappa shape index (κ1) is 22.2. The zero-order chi connectivity index (χ0) is 21.8. The molecule has 1 heterocycles. The molecule has 1 aliphatic rings. The second-order valence-electron chi connectivity index (χ2n) is 8.69. The van der Waals surface area contributed by atoms with Crippen LogP contribution in [0.4, 0.5) is 0 Å². The van der Waals surface area contributed by atoms with Crippen LogP contribution in [0.25, 0.3) is 0 Å². The van der Waals surface area contributed by atoms with Crippen LogP contribution in [0.3, 0.4) is 0 Å². The van der Waals surface area contributed by atoms with E-state index in [1.165, 1.54) is 17.3 Å². The molecular weight excluding hydrogens is 394 g/mol. The van der Waals surface area contributed by atoms with Gasteiger partial charge in [-0.2, -0.15) is 5.26 Å². The lowest BCUT2D eigenvalue weighted by atomic mass is 10.0. The van der Waals surface area contributed by atoms with Crippen LogP contribution in [-0.4, -0.2) is 39.7 Å². The number of rotatable bonds is 6. The highest BCUT2D eigenvalue weighted by Crippen LogP contribution is 2.37. The van der Waals surface area contributed by atoms with E-state index in [1.807, 2.05) is 36.4 Å². The summed E-state index contributed by atoms with van der Waals surface area (Å²) in [7, 11) is -2.70. The van der Waals surface area contributed by atoms with Crippen molar-refractivity contribution in [2.24, 2.45) is 5.92 Å². The minimum absolute atomic E-state index is 0.152. The van der Waals surface area contributed by atoms with E-state index >= 15 is 0 Å². The van der Waals surface area contributed by atoms with E-state index in [-0.39, 0.29) is 11.0 Å². The summed E-state index contributed by atoms with van der Waals surface area (Å²) in [5.41, 5.74) is 0. The average Bonchev–Trinajstić information content (AvgIpc) is 3.10. The Bertz CT molecular complexity index is 849. The van der Waals surface area contributed by atoms with Crippen molar-refractivity contribution < 1.29 is 18.7 Å². The molecule has 30 heavy (non-hydrogen) atoms. The molecule has 1 fully saturated rings. The van der Waals surface area contributed by atoms with Gasteiger partial charge in [0.15, 0.2) is 6.10 Å². The summed E-state index contributed by atoms with van der Waals surface area (Å²) in [4.78, 5) is 11.6. The van der Waals surface area contributed by atoms with Crippen LogP contribution in [0.5, 0.6) is 0 Å². The molecule has 3 rings (SSSR count).